The van der Waals surface area contributed by atoms with E-state index in [4.69, 9.17) is 9.47 Å². The van der Waals surface area contributed by atoms with Gasteiger partial charge in [-0.05, 0) is 52.9 Å². The zero-order valence-electron chi connectivity index (χ0n) is 15.5. The lowest BCUT2D eigenvalue weighted by Crippen LogP contribution is -2.49. The number of amides is 2. The second kappa shape index (κ2) is 8.19. The highest BCUT2D eigenvalue weighted by Gasteiger charge is 2.31. The molecule has 1 unspecified atom stereocenters. The van der Waals surface area contributed by atoms with Crippen LogP contribution < -0.4 is 0 Å². The average molecular weight is 340 g/mol. The van der Waals surface area contributed by atoms with Crippen LogP contribution in [0.5, 0.6) is 0 Å². The number of ether oxygens (including phenoxy) is 2. The molecule has 0 aromatic rings. The van der Waals surface area contributed by atoms with Crippen LogP contribution in [0.1, 0.15) is 59.8 Å². The molecule has 0 saturated carbocycles. The van der Waals surface area contributed by atoms with Crippen LogP contribution in [-0.2, 0) is 14.3 Å². The van der Waals surface area contributed by atoms with E-state index in [2.05, 4.69) is 0 Å². The molecular weight excluding hydrogens is 308 g/mol. The van der Waals surface area contributed by atoms with Gasteiger partial charge in [0, 0.05) is 26.6 Å². The third-order valence-corrected chi connectivity index (χ3v) is 4.67. The van der Waals surface area contributed by atoms with Crippen molar-refractivity contribution in [2.45, 2.75) is 77.5 Å². The molecule has 2 rings (SSSR count). The fraction of sp³-hybridized carbons (Fsp3) is 0.889. The number of carbonyl (C=O) groups excluding carboxylic acids is 2. The molecule has 2 saturated heterocycles. The molecule has 0 aromatic heterocycles. The van der Waals surface area contributed by atoms with Gasteiger partial charge < -0.3 is 19.3 Å². The van der Waals surface area contributed by atoms with Crippen molar-refractivity contribution >= 4 is 12.0 Å². The Morgan fingerprint density at radius 2 is 1.71 bits per heavy atom. The average Bonchev–Trinajstić information content (AvgIpc) is 2.52. The smallest absolute Gasteiger partial charge is 0.410 e. The van der Waals surface area contributed by atoms with Crippen LogP contribution in [0.3, 0.4) is 0 Å². The maximum atomic E-state index is 12.4. The van der Waals surface area contributed by atoms with Crippen molar-refractivity contribution in [1.29, 1.82) is 0 Å². The predicted octanol–water partition coefficient (Wildman–Crippen LogP) is 2.80. The van der Waals surface area contributed by atoms with Crippen LogP contribution in [0.4, 0.5) is 4.79 Å². The van der Waals surface area contributed by atoms with Crippen LogP contribution in [0.25, 0.3) is 0 Å². The van der Waals surface area contributed by atoms with Crippen molar-refractivity contribution in [1.82, 2.24) is 9.80 Å². The minimum atomic E-state index is -0.473. The summed E-state index contributed by atoms with van der Waals surface area (Å²) in [6, 6.07) is 0.0967. The van der Waals surface area contributed by atoms with E-state index in [1.54, 1.807) is 6.92 Å². The van der Waals surface area contributed by atoms with E-state index in [1.165, 1.54) is 0 Å². The lowest BCUT2D eigenvalue weighted by atomic mass is 10.0. The first-order valence-electron chi connectivity index (χ1n) is 9.13. The molecule has 0 aromatic carbocycles. The summed E-state index contributed by atoms with van der Waals surface area (Å²) >= 11 is 0. The Labute approximate surface area is 145 Å². The van der Waals surface area contributed by atoms with Gasteiger partial charge in [-0.1, -0.05) is 0 Å². The molecule has 0 N–H and O–H groups in total. The quantitative estimate of drug-likeness (QED) is 0.793. The van der Waals surface area contributed by atoms with E-state index in [0.29, 0.717) is 6.61 Å². The number of hydrogen-bond acceptors (Lipinski definition) is 4. The van der Waals surface area contributed by atoms with Gasteiger partial charge in [0.1, 0.15) is 5.60 Å². The molecule has 2 heterocycles. The number of carbonyl (C=O) groups is 2. The predicted molar refractivity (Wildman–Crippen MR) is 91.8 cm³/mol. The summed E-state index contributed by atoms with van der Waals surface area (Å²) in [6.07, 6.45) is 4.80. The molecule has 6 nitrogen and oxygen atoms in total. The molecule has 2 fully saturated rings. The zero-order chi connectivity index (χ0) is 17.7. The van der Waals surface area contributed by atoms with Gasteiger partial charge >= 0.3 is 6.09 Å². The lowest BCUT2D eigenvalue weighted by Gasteiger charge is -2.38. The maximum absolute atomic E-state index is 12.4. The molecule has 6 heteroatoms. The highest BCUT2D eigenvalue weighted by Crippen LogP contribution is 2.22. The van der Waals surface area contributed by atoms with Crippen molar-refractivity contribution in [3.8, 4) is 0 Å². The molecule has 2 aliphatic heterocycles. The van der Waals surface area contributed by atoms with Gasteiger partial charge in [-0.15, -0.1) is 0 Å². The molecule has 0 spiro atoms. The van der Waals surface area contributed by atoms with Crippen molar-refractivity contribution in [3.05, 3.63) is 0 Å². The van der Waals surface area contributed by atoms with Gasteiger partial charge in [0.25, 0.3) is 0 Å². The van der Waals surface area contributed by atoms with E-state index in [9.17, 15) is 9.59 Å². The summed E-state index contributed by atoms with van der Waals surface area (Å²) in [5.41, 5.74) is -0.473. The number of piperidine rings is 2. The van der Waals surface area contributed by atoms with Crippen molar-refractivity contribution in [3.63, 3.8) is 0 Å². The highest BCUT2D eigenvalue weighted by molar-refractivity contribution is 5.73. The molecule has 2 amide bonds. The topological polar surface area (TPSA) is 59.1 Å². The van der Waals surface area contributed by atoms with Gasteiger partial charge in [0.05, 0.1) is 18.8 Å². The summed E-state index contributed by atoms with van der Waals surface area (Å²) in [7, 11) is 0. The van der Waals surface area contributed by atoms with Crippen molar-refractivity contribution in [2.75, 3.05) is 26.2 Å². The molecule has 0 aliphatic carbocycles. The molecule has 24 heavy (non-hydrogen) atoms. The normalized spacial score (nSPS) is 23.2. The van der Waals surface area contributed by atoms with Gasteiger partial charge in [-0.25, -0.2) is 4.79 Å². The Kier molecular flexibility index (Phi) is 6.49. The Morgan fingerprint density at radius 3 is 2.29 bits per heavy atom. The van der Waals surface area contributed by atoms with E-state index in [1.807, 2.05) is 30.6 Å². The standard InChI is InChI=1S/C18H32N2O4/c1-14(21)19-11-8-16(9-12-19)23-13-15-7-5-6-10-20(15)17(22)24-18(2,3)4/h15-16H,5-13H2,1-4H3. The first-order chi connectivity index (χ1) is 11.3. The third kappa shape index (κ3) is 5.65. The SMILES string of the molecule is CC(=O)N1CCC(OCC2CCCCN2C(=O)OC(C)(C)C)CC1. The molecule has 1 atom stereocenters. The van der Waals surface area contributed by atoms with Crippen LogP contribution in [0, 0.1) is 0 Å². The van der Waals surface area contributed by atoms with Gasteiger partial charge in [0.15, 0.2) is 0 Å². The molecule has 2 aliphatic rings. The Bertz CT molecular complexity index is 439. The van der Waals surface area contributed by atoms with Crippen LogP contribution >= 0.6 is 0 Å². The van der Waals surface area contributed by atoms with E-state index in [0.717, 1.165) is 51.7 Å². The van der Waals surface area contributed by atoms with Crippen molar-refractivity contribution in [2.24, 2.45) is 0 Å². The minimum Gasteiger partial charge on any atom is -0.444 e. The van der Waals surface area contributed by atoms with E-state index in [-0.39, 0.29) is 24.1 Å². The van der Waals surface area contributed by atoms with Crippen LogP contribution in [-0.4, -0.2) is 65.8 Å². The van der Waals surface area contributed by atoms with Crippen LogP contribution in [0.15, 0.2) is 0 Å². The monoisotopic (exact) mass is 340 g/mol. The van der Waals surface area contributed by atoms with E-state index < -0.39 is 5.60 Å². The number of hydrogen-bond donors (Lipinski definition) is 0. The summed E-state index contributed by atoms with van der Waals surface area (Å²) in [5, 5.41) is 0. The van der Waals surface area contributed by atoms with Crippen LogP contribution in [0.2, 0.25) is 0 Å². The maximum Gasteiger partial charge on any atom is 0.410 e. The largest absolute Gasteiger partial charge is 0.444 e. The zero-order valence-corrected chi connectivity index (χ0v) is 15.5. The second-order valence-electron chi connectivity index (χ2n) is 7.86. The van der Waals surface area contributed by atoms with Gasteiger partial charge in [-0.2, -0.15) is 0 Å². The summed E-state index contributed by atoms with van der Waals surface area (Å²) in [6.45, 7) is 10.1. The van der Waals surface area contributed by atoms with Crippen molar-refractivity contribution < 1.29 is 19.1 Å². The van der Waals surface area contributed by atoms with Gasteiger partial charge in [-0.3, -0.25) is 4.79 Å². The lowest BCUT2D eigenvalue weighted by molar-refractivity contribution is -0.131. The second-order valence-corrected chi connectivity index (χ2v) is 7.86. The number of likely N-dealkylation sites (tertiary alicyclic amines) is 2. The Morgan fingerprint density at radius 1 is 1.04 bits per heavy atom. The minimum absolute atomic E-state index is 0.0967. The number of rotatable bonds is 3. The third-order valence-electron chi connectivity index (χ3n) is 4.67. The highest BCUT2D eigenvalue weighted by atomic mass is 16.6. The first-order valence-corrected chi connectivity index (χ1v) is 9.13. The molecule has 138 valence electrons. The fourth-order valence-electron chi connectivity index (χ4n) is 3.32. The fourth-order valence-corrected chi connectivity index (χ4v) is 3.32. The Balaban J connectivity index is 1.81. The van der Waals surface area contributed by atoms with E-state index >= 15 is 0 Å². The molecular formula is C18H32N2O4. The number of nitrogens with zero attached hydrogens (tertiary/aromatic N) is 2. The first kappa shape index (κ1) is 19.0. The molecule has 0 bridgehead atoms. The summed E-state index contributed by atoms with van der Waals surface area (Å²) < 4.78 is 11.6. The Hall–Kier alpha value is -1.30. The molecule has 0 radical (unpaired) electrons. The summed E-state index contributed by atoms with van der Waals surface area (Å²) in [4.78, 5) is 27.5. The summed E-state index contributed by atoms with van der Waals surface area (Å²) in [5.74, 6) is 0.136. The van der Waals surface area contributed by atoms with Gasteiger partial charge in [0.2, 0.25) is 5.91 Å².